The van der Waals surface area contributed by atoms with E-state index in [0.29, 0.717) is 35.0 Å². The minimum Gasteiger partial charge on any atom is -0.414 e. The molecule has 0 aliphatic heterocycles. The van der Waals surface area contributed by atoms with Crippen LogP contribution < -0.4 is 0 Å². The molecule has 0 radical (unpaired) electrons. The fraction of sp³-hybridized carbons (Fsp3) is 0.911. The van der Waals surface area contributed by atoms with Crippen LogP contribution in [0.3, 0.4) is 0 Å². The van der Waals surface area contributed by atoms with E-state index in [4.69, 9.17) is 8.85 Å². The number of hydrogen-bond acceptors (Lipinski definition) is 6. The third kappa shape index (κ3) is 10.6. The van der Waals surface area contributed by atoms with Crippen LogP contribution in [0.25, 0.3) is 0 Å². The minimum atomic E-state index is -1.91. The quantitative estimate of drug-likeness (QED) is 0.113. The Morgan fingerprint density at radius 1 is 0.755 bits per heavy atom. The van der Waals surface area contributed by atoms with Gasteiger partial charge in [0.1, 0.15) is 0 Å². The zero-order valence-corrected chi connectivity index (χ0v) is 40.8. The molecule has 0 amide bonds. The summed E-state index contributed by atoms with van der Waals surface area (Å²) >= 11 is 4.37. The van der Waals surface area contributed by atoms with Crippen molar-refractivity contribution in [2.75, 3.05) is 24.7 Å². The van der Waals surface area contributed by atoms with Crippen LogP contribution in [0.4, 0.5) is 0 Å². The van der Waals surface area contributed by atoms with Gasteiger partial charge in [-0.15, -0.1) is 0 Å². The van der Waals surface area contributed by atoms with Gasteiger partial charge in [-0.05, 0) is 149 Å². The van der Waals surface area contributed by atoms with E-state index < -0.39 is 27.8 Å². The van der Waals surface area contributed by atoms with E-state index >= 15 is 0 Å². The van der Waals surface area contributed by atoms with Gasteiger partial charge in [-0.1, -0.05) is 92.0 Å². The molecule has 4 aliphatic rings. The summed E-state index contributed by atoms with van der Waals surface area (Å²) in [6.45, 7) is 35.3. The first-order valence-corrected chi connectivity index (χ1v) is 29.5. The molecule has 0 aromatic rings. The lowest BCUT2D eigenvalue weighted by Crippen LogP contribution is -2.51. The molecule has 0 saturated heterocycles. The van der Waals surface area contributed by atoms with Crippen LogP contribution in [0.1, 0.15) is 147 Å². The molecule has 53 heavy (non-hydrogen) atoms. The Morgan fingerprint density at radius 2 is 1.28 bits per heavy atom. The van der Waals surface area contributed by atoms with E-state index in [-0.39, 0.29) is 15.5 Å². The van der Waals surface area contributed by atoms with Crippen LogP contribution in [0.5, 0.6) is 0 Å². The maximum Gasteiger partial charge on any atom is 0.192 e. The molecular formula is C45H84O4S2Si2. The van der Waals surface area contributed by atoms with Gasteiger partial charge in [0.2, 0.25) is 0 Å². The van der Waals surface area contributed by atoms with Crippen LogP contribution in [0, 0.1) is 28.6 Å². The Kier molecular flexibility index (Phi) is 14.8. The number of thioether (sulfide) groups is 2. The highest BCUT2D eigenvalue weighted by molar-refractivity contribution is 8.00. The molecule has 4 aliphatic carbocycles. The summed E-state index contributed by atoms with van der Waals surface area (Å²) in [6, 6.07) is 0. The second-order valence-corrected chi connectivity index (χ2v) is 34.4. The molecule has 0 heterocycles. The van der Waals surface area contributed by atoms with Crippen molar-refractivity contribution >= 4 is 40.2 Å². The Morgan fingerprint density at radius 3 is 1.79 bits per heavy atom. The van der Waals surface area contributed by atoms with Gasteiger partial charge < -0.3 is 19.1 Å². The largest absolute Gasteiger partial charge is 0.414 e. The summed E-state index contributed by atoms with van der Waals surface area (Å²) in [5.41, 5.74) is 2.60. The first-order chi connectivity index (χ1) is 24.2. The lowest BCUT2D eigenvalue weighted by atomic mass is 9.50. The molecule has 4 unspecified atom stereocenters. The molecule has 8 heteroatoms. The van der Waals surface area contributed by atoms with Gasteiger partial charge >= 0.3 is 0 Å². The van der Waals surface area contributed by atoms with Gasteiger partial charge in [-0.2, -0.15) is 23.5 Å². The lowest BCUT2D eigenvalue weighted by molar-refractivity contribution is -0.000840. The molecule has 308 valence electrons. The van der Waals surface area contributed by atoms with Crippen molar-refractivity contribution in [3.8, 4) is 0 Å². The van der Waals surface area contributed by atoms with Crippen molar-refractivity contribution in [1.29, 1.82) is 0 Å². The number of aliphatic hydroxyl groups is 2. The summed E-state index contributed by atoms with van der Waals surface area (Å²) in [5.74, 6) is 4.46. The first-order valence-electron chi connectivity index (χ1n) is 21.6. The average molecular weight is 809 g/mol. The Hall–Kier alpha value is 0.454. The van der Waals surface area contributed by atoms with Gasteiger partial charge in [0, 0.05) is 15.9 Å². The van der Waals surface area contributed by atoms with E-state index in [1.54, 1.807) is 11.1 Å². The Labute approximate surface area is 338 Å². The smallest absolute Gasteiger partial charge is 0.192 e. The van der Waals surface area contributed by atoms with Crippen molar-refractivity contribution in [2.45, 2.75) is 205 Å². The fourth-order valence-corrected chi connectivity index (χ4v) is 15.0. The number of fused-ring (bicyclic) bond motifs is 5. The maximum atomic E-state index is 11.4. The van der Waals surface area contributed by atoms with Crippen LogP contribution in [-0.2, 0) is 8.85 Å². The van der Waals surface area contributed by atoms with E-state index in [1.807, 2.05) is 13.8 Å². The molecule has 0 spiro atoms. The molecule has 4 nitrogen and oxygen atoms in total. The van der Waals surface area contributed by atoms with Crippen LogP contribution in [0.15, 0.2) is 23.3 Å². The minimum absolute atomic E-state index is 0.145. The summed E-state index contributed by atoms with van der Waals surface area (Å²) in [6.07, 6.45) is 18.1. The lowest BCUT2D eigenvalue weighted by Gasteiger charge is -2.57. The predicted molar refractivity (Wildman–Crippen MR) is 239 cm³/mol. The highest BCUT2D eigenvalue weighted by Crippen LogP contribution is 2.67. The normalized spacial score (nSPS) is 33.3. The summed E-state index contributed by atoms with van der Waals surface area (Å²) in [7, 11) is -3.80. The van der Waals surface area contributed by atoms with Crippen molar-refractivity contribution in [3.63, 3.8) is 0 Å². The van der Waals surface area contributed by atoms with E-state index in [2.05, 4.69) is 124 Å². The number of rotatable bonds is 17. The van der Waals surface area contributed by atoms with Crippen molar-refractivity contribution < 1.29 is 19.1 Å². The molecule has 3 saturated carbocycles. The van der Waals surface area contributed by atoms with Crippen LogP contribution >= 0.6 is 23.5 Å². The molecule has 4 rings (SSSR count). The highest BCUT2D eigenvalue weighted by atomic mass is 32.2. The fourth-order valence-electron chi connectivity index (χ4n) is 9.78. The summed E-state index contributed by atoms with van der Waals surface area (Å²) in [5, 5.41) is 24.2. The molecule has 3 fully saturated rings. The molecular weight excluding hydrogens is 725 g/mol. The standard InChI is InChI=1S/C45H84O4S2Si2/c1-16-33-20-22-37-36-21-19-34-29-35(50-27-17-24-42(8,46)31-48-52(12,13)40(2,3)4)30-39(45(34,11)38(36)23-26-44(33,37)10)51-28-18-25-43(9,47)32-49-53(14,15)41(5,6)7/h19,21,33,35,37-39,46-47H,16-18,20,22-32H2,1-15H3/t33-,35?,37-,38-,39?,42?,43?,44+,45-/m0/s1. The van der Waals surface area contributed by atoms with E-state index in [9.17, 15) is 10.2 Å². The van der Waals surface area contributed by atoms with Gasteiger partial charge in [0.15, 0.2) is 16.6 Å². The number of allylic oxidation sites excluding steroid dienone is 4. The van der Waals surface area contributed by atoms with E-state index in [0.717, 1.165) is 49.0 Å². The second kappa shape index (κ2) is 17.0. The third-order valence-electron chi connectivity index (χ3n) is 15.8. The Balaban J connectivity index is 1.43. The van der Waals surface area contributed by atoms with Gasteiger partial charge in [-0.25, -0.2) is 0 Å². The van der Waals surface area contributed by atoms with Crippen molar-refractivity contribution in [1.82, 2.24) is 0 Å². The predicted octanol–water partition coefficient (Wildman–Crippen LogP) is 12.8. The molecule has 0 bridgehead atoms. The summed E-state index contributed by atoms with van der Waals surface area (Å²) < 4.78 is 12.9. The average Bonchev–Trinajstić information content (AvgIpc) is 3.39. The second-order valence-electron chi connectivity index (χ2n) is 22.1. The van der Waals surface area contributed by atoms with Gasteiger partial charge in [-0.3, -0.25) is 0 Å². The monoisotopic (exact) mass is 809 g/mol. The van der Waals surface area contributed by atoms with Crippen molar-refractivity contribution in [3.05, 3.63) is 23.3 Å². The van der Waals surface area contributed by atoms with Gasteiger partial charge in [0.05, 0.1) is 24.4 Å². The SMILES string of the molecule is CC[C@H]1CC[C@H]2C3=CC=C4CC(SCCCC(C)(O)CO[Si](C)(C)C(C)(C)C)CC(SCCCC(C)(O)CO[Si](C)(C)C(C)(C)C)[C@]4(C)[C@H]3CC[C@]12C. The molecule has 0 aromatic heterocycles. The molecule has 2 N–H and O–H groups in total. The summed E-state index contributed by atoms with van der Waals surface area (Å²) in [4.78, 5) is 0. The zero-order chi connectivity index (χ0) is 39.9. The topological polar surface area (TPSA) is 58.9 Å². The molecule has 9 atom stereocenters. The first kappa shape index (κ1) is 46.1. The third-order valence-corrected chi connectivity index (χ3v) is 27.7. The van der Waals surface area contributed by atoms with Crippen LogP contribution in [0.2, 0.25) is 36.3 Å². The zero-order valence-electron chi connectivity index (χ0n) is 37.2. The number of hydrogen-bond donors (Lipinski definition) is 2. The molecule has 0 aromatic carbocycles. The highest BCUT2D eigenvalue weighted by Gasteiger charge is 2.58. The van der Waals surface area contributed by atoms with Gasteiger partial charge in [0.25, 0.3) is 0 Å². The van der Waals surface area contributed by atoms with Crippen molar-refractivity contribution in [2.24, 2.45) is 28.6 Å². The van der Waals surface area contributed by atoms with Crippen LogP contribution in [-0.4, -0.2) is 73.3 Å². The Bertz CT molecular complexity index is 1290. The van der Waals surface area contributed by atoms with E-state index in [1.165, 1.54) is 44.9 Å². The maximum absolute atomic E-state index is 11.4.